The van der Waals surface area contributed by atoms with E-state index < -0.39 is 11.4 Å². The van der Waals surface area contributed by atoms with E-state index >= 15 is 0 Å². The maximum absolute atomic E-state index is 12.5. The number of H-pyrrole nitrogens is 1. The summed E-state index contributed by atoms with van der Waals surface area (Å²) in [6, 6.07) is 7.77. The lowest BCUT2D eigenvalue weighted by Gasteiger charge is -2.70. The summed E-state index contributed by atoms with van der Waals surface area (Å²) in [6.45, 7) is 13.6. The molecule has 3 aromatic rings. The fraction of sp³-hybridized carbons (Fsp3) is 0.541. The number of aromatic nitrogens is 1. The molecule has 1 aromatic heterocycles. The molecule has 3 saturated carbocycles. The number of benzene rings is 2. The zero-order chi connectivity index (χ0) is 30.9. The lowest BCUT2D eigenvalue weighted by molar-refractivity contribution is -0.177. The van der Waals surface area contributed by atoms with Crippen molar-refractivity contribution in [1.29, 1.82) is 0 Å². The number of aliphatic carboxylic acids is 1. The van der Waals surface area contributed by atoms with Crippen molar-refractivity contribution >= 4 is 28.5 Å². The summed E-state index contributed by atoms with van der Waals surface area (Å²) in [4.78, 5) is 16.0. The van der Waals surface area contributed by atoms with Gasteiger partial charge in [0.15, 0.2) is 11.5 Å². The Labute approximate surface area is 259 Å². The molecule has 0 amide bonds. The molecule has 7 atom stereocenters. The van der Waals surface area contributed by atoms with Crippen LogP contribution in [0.25, 0.3) is 10.9 Å². The number of halogens is 1. The Morgan fingerprint density at radius 2 is 1.70 bits per heavy atom. The van der Waals surface area contributed by atoms with Crippen molar-refractivity contribution in [3.63, 3.8) is 0 Å². The van der Waals surface area contributed by atoms with Crippen LogP contribution in [0.1, 0.15) is 108 Å². The number of carboxylic acid groups (broad SMARTS) is 1. The smallest absolute Gasteiger partial charge is 0.309 e. The molecule has 0 bridgehead atoms. The molecule has 1 heterocycles. The Kier molecular flexibility index (Phi) is 5.92. The number of aromatic amines is 1. The Morgan fingerprint density at radius 1 is 0.977 bits per heavy atom. The van der Waals surface area contributed by atoms with Gasteiger partial charge in [0.1, 0.15) is 0 Å². The fourth-order valence-electron chi connectivity index (χ4n) is 10.6. The summed E-state index contributed by atoms with van der Waals surface area (Å²) in [5.41, 5.74) is 5.27. The van der Waals surface area contributed by atoms with E-state index in [1.165, 1.54) is 5.57 Å². The first-order valence-electron chi connectivity index (χ1n) is 15.9. The number of aromatic hydroxyl groups is 2. The minimum atomic E-state index is -0.700. The average Bonchev–Trinajstić information content (AvgIpc) is 3.37. The van der Waals surface area contributed by atoms with E-state index in [1.807, 2.05) is 32.0 Å². The van der Waals surface area contributed by atoms with Gasteiger partial charge >= 0.3 is 5.97 Å². The van der Waals surface area contributed by atoms with E-state index in [2.05, 4.69) is 51.0 Å². The van der Waals surface area contributed by atoms with Gasteiger partial charge < -0.3 is 20.3 Å². The Hall–Kier alpha value is -2.92. The molecule has 228 valence electrons. The number of carboxylic acids is 1. The maximum Gasteiger partial charge on any atom is 0.309 e. The van der Waals surface area contributed by atoms with Gasteiger partial charge in [-0.2, -0.15) is 0 Å². The Morgan fingerprint density at radius 3 is 2.42 bits per heavy atom. The number of allylic oxidation sites excluding steroid dienone is 2. The van der Waals surface area contributed by atoms with E-state index in [-0.39, 0.29) is 39.1 Å². The molecule has 3 fully saturated rings. The highest BCUT2D eigenvalue weighted by Crippen LogP contribution is 2.75. The lowest BCUT2D eigenvalue weighted by Crippen LogP contribution is -2.62. The molecule has 4 N–H and O–H groups in total. The molecule has 4 aliphatic rings. The van der Waals surface area contributed by atoms with Crippen molar-refractivity contribution in [2.75, 3.05) is 0 Å². The number of hydrogen-bond donors (Lipinski definition) is 4. The molecule has 0 radical (unpaired) electrons. The molecule has 7 rings (SSSR count). The first kappa shape index (κ1) is 28.8. The molecular weight excluding hydrogens is 558 g/mol. The molecule has 0 aliphatic heterocycles. The van der Waals surface area contributed by atoms with Crippen LogP contribution in [-0.2, 0) is 10.2 Å². The van der Waals surface area contributed by atoms with Gasteiger partial charge in [-0.05, 0) is 121 Å². The molecular formula is C37H44ClNO4. The molecule has 2 aromatic carbocycles. The SMILES string of the molecule is Cc1c(O)c(O)cc2c1C(c1c[nH]c3cc(Cl)ccc13)C=C1[C@@]2(C)CC[C@@]2(C)[C@@H]3C[C@](C)(C(=O)O)CC[C@]3(C)CC[C@]12C. The van der Waals surface area contributed by atoms with Crippen molar-refractivity contribution < 1.29 is 20.1 Å². The highest BCUT2D eigenvalue weighted by Gasteiger charge is 2.67. The molecule has 4 aliphatic carbocycles. The van der Waals surface area contributed by atoms with Gasteiger partial charge in [-0.25, -0.2) is 0 Å². The molecule has 1 unspecified atom stereocenters. The number of fused-ring (bicyclic) bond motifs is 8. The number of phenols is 2. The van der Waals surface area contributed by atoms with Crippen molar-refractivity contribution in [3.05, 3.63) is 69.4 Å². The van der Waals surface area contributed by atoms with E-state index in [4.69, 9.17) is 11.6 Å². The van der Waals surface area contributed by atoms with Crippen LogP contribution in [0, 0.1) is 34.5 Å². The van der Waals surface area contributed by atoms with E-state index in [9.17, 15) is 20.1 Å². The second-order valence-corrected chi connectivity index (χ2v) is 16.1. The van der Waals surface area contributed by atoms with E-state index in [0.717, 1.165) is 71.7 Å². The fourth-order valence-corrected chi connectivity index (χ4v) is 10.7. The number of rotatable bonds is 2. The highest BCUT2D eigenvalue weighted by atomic mass is 35.5. The van der Waals surface area contributed by atoms with Gasteiger partial charge in [0.05, 0.1) is 5.41 Å². The molecule has 0 spiro atoms. The zero-order valence-electron chi connectivity index (χ0n) is 26.2. The molecule has 43 heavy (non-hydrogen) atoms. The third-order valence-electron chi connectivity index (χ3n) is 13.6. The van der Waals surface area contributed by atoms with Crippen molar-refractivity contribution in [2.45, 2.75) is 97.8 Å². The van der Waals surface area contributed by atoms with Gasteiger partial charge in [0.25, 0.3) is 0 Å². The minimum absolute atomic E-state index is 0.0532. The van der Waals surface area contributed by atoms with Crippen LogP contribution in [0.4, 0.5) is 0 Å². The average molecular weight is 602 g/mol. The quantitative estimate of drug-likeness (QED) is 0.174. The second kappa shape index (κ2) is 8.84. The van der Waals surface area contributed by atoms with Crippen LogP contribution >= 0.6 is 11.6 Å². The van der Waals surface area contributed by atoms with Gasteiger partial charge in [-0.3, -0.25) is 4.79 Å². The second-order valence-electron chi connectivity index (χ2n) is 15.7. The topological polar surface area (TPSA) is 93.5 Å². The first-order chi connectivity index (χ1) is 20.1. The normalized spacial score (nSPS) is 38.4. The van der Waals surface area contributed by atoms with Gasteiger partial charge in [0, 0.05) is 33.5 Å². The molecule has 6 heteroatoms. The number of hydrogen-bond acceptors (Lipinski definition) is 3. The zero-order valence-corrected chi connectivity index (χ0v) is 27.0. The molecule has 0 saturated heterocycles. The van der Waals surface area contributed by atoms with Crippen LogP contribution in [0.2, 0.25) is 5.02 Å². The number of nitrogens with one attached hydrogen (secondary N) is 1. The predicted octanol–water partition coefficient (Wildman–Crippen LogP) is 9.37. The third-order valence-corrected chi connectivity index (χ3v) is 13.9. The number of carbonyl (C=O) groups is 1. The summed E-state index contributed by atoms with van der Waals surface area (Å²) in [6.07, 6.45) is 11.0. The summed E-state index contributed by atoms with van der Waals surface area (Å²) >= 11 is 6.35. The van der Waals surface area contributed by atoms with Gasteiger partial charge in [-0.1, -0.05) is 57.0 Å². The first-order valence-corrected chi connectivity index (χ1v) is 16.2. The van der Waals surface area contributed by atoms with Crippen LogP contribution < -0.4 is 0 Å². The van der Waals surface area contributed by atoms with Crippen molar-refractivity contribution in [3.8, 4) is 11.5 Å². The van der Waals surface area contributed by atoms with Gasteiger partial charge in [0.2, 0.25) is 0 Å². The minimum Gasteiger partial charge on any atom is -0.504 e. The highest BCUT2D eigenvalue weighted by molar-refractivity contribution is 6.31. The standard InChI is InChI=1S/C37H44ClNO4/c1-20-30-23(24-19-39-26-15-21(38)7-8-22(24)26)16-28-35(4,25(30)17-27(40)31(20)41)12-14-37(6)29-18-34(3,32(42)43)10-9-33(29,2)11-13-36(28,37)5/h7-8,15-17,19,23,29,39-41H,9-14,18H2,1-6H3,(H,42,43)/t23?,29-,33-,34-,35+,36-,37+/m1/s1. The van der Waals surface area contributed by atoms with Crippen molar-refractivity contribution in [2.24, 2.45) is 27.6 Å². The Balaban J connectivity index is 1.46. The summed E-state index contributed by atoms with van der Waals surface area (Å²) < 4.78 is 0. The van der Waals surface area contributed by atoms with Gasteiger partial charge in [-0.15, -0.1) is 0 Å². The lowest BCUT2D eigenvalue weighted by atomic mass is 9.34. The number of phenolic OH excluding ortho intramolecular Hbond substituents is 2. The summed E-state index contributed by atoms with van der Waals surface area (Å²) in [5.74, 6) is -0.612. The predicted molar refractivity (Wildman–Crippen MR) is 171 cm³/mol. The van der Waals surface area contributed by atoms with Crippen molar-refractivity contribution in [1.82, 2.24) is 4.98 Å². The van der Waals surface area contributed by atoms with Crippen LogP contribution in [0.15, 0.2) is 42.1 Å². The third kappa shape index (κ3) is 3.61. The maximum atomic E-state index is 12.5. The monoisotopic (exact) mass is 601 g/mol. The summed E-state index contributed by atoms with van der Waals surface area (Å²) in [5, 5.41) is 34.1. The van der Waals surface area contributed by atoms with E-state index in [0.29, 0.717) is 17.4 Å². The Bertz CT molecular complexity index is 1740. The molecule has 5 nitrogen and oxygen atoms in total. The van der Waals surface area contributed by atoms with Crippen LogP contribution in [-0.4, -0.2) is 26.3 Å². The van der Waals surface area contributed by atoms with Crippen LogP contribution in [0.3, 0.4) is 0 Å². The summed E-state index contributed by atoms with van der Waals surface area (Å²) in [7, 11) is 0. The van der Waals surface area contributed by atoms with E-state index in [1.54, 1.807) is 0 Å². The van der Waals surface area contributed by atoms with Crippen LogP contribution in [0.5, 0.6) is 11.5 Å². The largest absolute Gasteiger partial charge is 0.504 e.